The Hall–Kier alpha value is -1.92. The van der Waals surface area contributed by atoms with E-state index in [0.717, 1.165) is 0 Å². The molecule has 0 fully saturated rings. The first-order valence-electron chi connectivity index (χ1n) is 6.12. The van der Waals surface area contributed by atoms with Gasteiger partial charge < -0.3 is 4.74 Å². The molecule has 0 atom stereocenters. The van der Waals surface area contributed by atoms with Gasteiger partial charge in [-0.15, -0.1) is 0 Å². The highest BCUT2D eigenvalue weighted by Gasteiger charge is 2.24. The Morgan fingerprint density at radius 3 is 2.00 bits per heavy atom. The summed E-state index contributed by atoms with van der Waals surface area (Å²) in [6, 6.07) is 0. The van der Waals surface area contributed by atoms with E-state index in [1.165, 1.54) is 13.2 Å². The fourth-order valence-electron chi connectivity index (χ4n) is 1.65. The molecule has 0 radical (unpaired) electrons. The Balaban J connectivity index is 2.63. The van der Waals surface area contributed by atoms with Crippen molar-refractivity contribution in [3.63, 3.8) is 0 Å². The van der Waals surface area contributed by atoms with Crippen LogP contribution < -0.4 is 0 Å². The van der Waals surface area contributed by atoms with E-state index in [4.69, 9.17) is 0 Å². The van der Waals surface area contributed by atoms with Crippen molar-refractivity contribution in [2.24, 2.45) is 0 Å². The van der Waals surface area contributed by atoms with Gasteiger partial charge in [0.25, 0.3) is 0 Å². The number of unbranched alkanes of at least 4 members (excludes halogenated alkanes) is 1. The van der Waals surface area contributed by atoms with Crippen LogP contribution in [-0.2, 0) is 16.0 Å². The van der Waals surface area contributed by atoms with E-state index >= 15 is 0 Å². The third kappa shape index (κ3) is 4.27. The lowest BCUT2D eigenvalue weighted by atomic mass is 10.1. The van der Waals surface area contributed by atoms with Crippen LogP contribution in [0.3, 0.4) is 0 Å². The molecule has 0 aliphatic heterocycles. The van der Waals surface area contributed by atoms with Crippen molar-refractivity contribution in [1.29, 1.82) is 0 Å². The minimum Gasteiger partial charge on any atom is -0.469 e. The zero-order chi connectivity index (χ0) is 16.0. The zero-order valence-electron chi connectivity index (χ0n) is 11.2. The summed E-state index contributed by atoms with van der Waals surface area (Å²) in [5, 5.41) is 0. The van der Waals surface area contributed by atoms with E-state index in [-0.39, 0.29) is 19.3 Å². The van der Waals surface area contributed by atoms with Crippen molar-refractivity contribution in [3.8, 4) is 0 Å². The lowest BCUT2D eigenvalue weighted by Crippen LogP contribution is -2.07. The van der Waals surface area contributed by atoms with Gasteiger partial charge in [-0.25, -0.2) is 22.0 Å². The summed E-state index contributed by atoms with van der Waals surface area (Å²) in [6.07, 6.45) is 3.34. The lowest BCUT2D eigenvalue weighted by Gasteiger charge is -2.07. The molecule has 0 N–H and O–H groups in total. The first kappa shape index (κ1) is 17.1. The molecule has 1 rings (SSSR count). The van der Waals surface area contributed by atoms with Crippen LogP contribution in [0.1, 0.15) is 24.8 Å². The molecule has 0 bridgehead atoms. The number of carbonyl (C=O) groups excluding carboxylic acids is 1. The van der Waals surface area contributed by atoms with E-state index in [9.17, 15) is 26.7 Å². The van der Waals surface area contributed by atoms with Crippen molar-refractivity contribution in [1.82, 2.24) is 0 Å². The fourth-order valence-corrected chi connectivity index (χ4v) is 1.65. The van der Waals surface area contributed by atoms with Gasteiger partial charge in [-0.2, -0.15) is 0 Å². The van der Waals surface area contributed by atoms with Crippen molar-refractivity contribution in [2.45, 2.75) is 25.7 Å². The molecule has 0 saturated carbocycles. The van der Waals surface area contributed by atoms with Crippen LogP contribution >= 0.6 is 0 Å². The van der Waals surface area contributed by atoms with Gasteiger partial charge in [0.15, 0.2) is 23.3 Å². The molecule has 7 heteroatoms. The Bertz CT molecular complexity index is 526. The van der Waals surface area contributed by atoms with Gasteiger partial charge in [-0.05, 0) is 19.3 Å². The highest BCUT2D eigenvalue weighted by atomic mass is 19.2. The van der Waals surface area contributed by atoms with Crippen LogP contribution in [0.5, 0.6) is 0 Å². The Kier molecular flexibility index (Phi) is 6.33. The van der Waals surface area contributed by atoms with Crippen molar-refractivity contribution < 1.29 is 31.5 Å². The Morgan fingerprint density at radius 1 is 0.952 bits per heavy atom. The van der Waals surface area contributed by atoms with Gasteiger partial charge in [0.05, 0.1) is 13.5 Å². The van der Waals surface area contributed by atoms with Crippen LogP contribution in [-0.4, -0.2) is 13.1 Å². The first-order chi connectivity index (χ1) is 9.90. The van der Waals surface area contributed by atoms with Crippen molar-refractivity contribution >= 4 is 5.97 Å². The molecule has 2 nitrogen and oxygen atoms in total. The molecular formula is C14H13F5O2. The third-order valence-corrected chi connectivity index (χ3v) is 2.78. The van der Waals surface area contributed by atoms with Crippen LogP contribution in [0.15, 0.2) is 12.2 Å². The normalized spacial score (nSPS) is 11.1. The van der Waals surface area contributed by atoms with Gasteiger partial charge in [0.1, 0.15) is 0 Å². The number of rotatable bonds is 6. The standard InChI is InChI=1S/C14H13F5O2/c1-21-9(20)7-5-3-2-4-6-8-10(15)12(17)14(19)13(18)11(8)16/h3,5H,2,4,6-7H2,1H3/b5-3+. The van der Waals surface area contributed by atoms with Gasteiger partial charge in [0.2, 0.25) is 5.82 Å². The highest BCUT2D eigenvalue weighted by Crippen LogP contribution is 2.24. The van der Waals surface area contributed by atoms with Crippen LogP contribution in [0.4, 0.5) is 22.0 Å². The van der Waals surface area contributed by atoms with Gasteiger partial charge in [-0.3, -0.25) is 4.79 Å². The second-order valence-electron chi connectivity index (χ2n) is 4.19. The van der Waals surface area contributed by atoms with E-state index in [2.05, 4.69) is 4.74 Å². The van der Waals surface area contributed by atoms with Crippen LogP contribution in [0.2, 0.25) is 0 Å². The maximum absolute atomic E-state index is 13.3. The largest absolute Gasteiger partial charge is 0.469 e. The summed E-state index contributed by atoms with van der Waals surface area (Å²) < 4.78 is 69.7. The molecule has 0 heterocycles. The van der Waals surface area contributed by atoms with Crippen LogP contribution in [0.25, 0.3) is 0 Å². The number of benzene rings is 1. The number of ether oxygens (including phenoxy) is 1. The zero-order valence-corrected chi connectivity index (χ0v) is 11.2. The number of halogens is 5. The summed E-state index contributed by atoms with van der Waals surface area (Å²) in [5.74, 6) is -10.1. The molecule has 0 aliphatic rings. The number of carbonyl (C=O) groups is 1. The van der Waals surface area contributed by atoms with Crippen LogP contribution in [0, 0.1) is 29.1 Å². The first-order valence-corrected chi connectivity index (χ1v) is 6.12. The maximum atomic E-state index is 13.3. The molecule has 116 valence electrons. The summed E-state index contributed by atoms with van der Waals surface area (Å²) >= 11 is 0. The maximum Gasteiger partial charge on any atom is 0.309 e. The second kappa shape index (κ2) is 7.75. The fraction of sp³-hybridized carbons (Fsp3) is 0.357. The summed E-state index contributed by atoms with van der Waals surface area (Å²) in [5.41, 5.74) is -0.826. The van der Waals surface area contributed by atoms with E-state index in [1.54, 1.807) is 6.08 Å². The average molecular weight is 308 g/mol. The highest BCUT2D eigenvalue weighted by molar-refractivity contribution is 5.70. The third-order valence-electron chi connectivity index (χ3n) is 2.78. The summed E-state index contributed by atoms with van der Waals surface area (Å²) in [6.45, 7) is 0. The molecule has 0 unspecified atom stereocenters. The molecule has 0 saturated heterocycles. The lowest BCUT2D eigenvalue weighted by molar-refractivity contribution is -0.139. The monoisotopic (exact) mass is 308 g/mol. The minimum atomic E-state index is -2.16. The molecule has 1 aromatic carbocycles. The van der Waals surface area contributed by atoms with Gasteiger partial charge >= 0.3 is 5.97 Å². The predicted octanol–water partition coefficient (Wildman–Crippen LogP) is 3.82. The van der Waals surface area contributed by atoms with E-state index < -0.39 is 40.6 Å². The topological polar surface area (TPSA) is 26.3 Å². The number of hydrogen-bond acceptors (Lipinski definition) is 2. The molecule has 0 amide bonds. The quantitative estimate of drug-likeness (QED) is 0.199. The average Bonchev–Trinajstić information content (AvgIpc) is 2.49. The minimum absolute atomic E-state index is 0.0546. The molecule has 1 aromatic rings. The Morgan fingerprint density at radius 2 is 1.48 bits per heavy atom. The number of allylic oxidation sites excluding steroid dienone is 1. The number of hydrogen-bond donors (Lipinski definition) is 0. The number of esters is 1. The van der Waals surface area contributed by atoms with Gasteiger partial charge in [-0.1, -0.05) is 12.2 Å². The number of methoxy groups -OCH3 is 1. The van der Waals surface area contributed by atoms with Crippen molar-refractivity contribution in [3.05, 3.63) is 46.8 Å². The molecule has 0 aromatic heterocycles. The summed E-state index contributed by atoms with van der Waals surface area (Å²) in [7, 11) is 1.24. The molecule has 21 heavy (non-hydrogen) atoms. The van der Waals surface area contributed by atoms with E-state index in [1.807, 2.05) is 0 Å². The Labute approximate surface area is 118 Å². The molecule has 0 spiro atoms. The molecular weight excluding hydrogens is 295 g/mol. The van der Waals surface area contributed by atoms with Crippen molar-refractivity contribution in [2.75, 3.05) is 7.11 Å². The van der Waals surface area contributed by atoms with Gasteiger partial charge in [0, 0.05) is 5.56 Å². The molecule has 0 aliphatic carbocycles. The summed E-state index contributed by atoms with van der Waals surface area (Å²) in [4.78, 5) is 10.8. The smallest absolute Gasteiger partial charge is 0.309 e. The van der Waals surface area contributed by atoms with E-state index in [0.29, 0.717) is 6.42 Å². The SMILES string of the molecule is COC(=O)C/C=C/CCCc1c(F)c(F)c(F)c(F)c1F. The second-order valence-corrected chi connectivity index (χ2v) is 4.19. The predicted molar refractivity (Wildman–Crippen MR) is 64.9 cm³/mol.